The fourth-order valence-corrected chi connectivity index (χ4v) is 5.78. The molecular formula is C26H30Cl3N5O2. The Hall–Kier alpha value is -2.09. The van der Waals surface area contributed by atoms with Crippen LogP contribution in [0.15, 0.2) is 30.6 Å². The van der Waals surface area contributed by atoms with Gasteiger partial charge in [0.15, 0.2) is 0 Å². The highest BCUT2D eigenvalue weighted by atomic mass is 35.5. The minimum absolute atomic E-state index is 0.0539. The van der Waals surface area contributed by atoms with Crippen LogP contribution in [-0.4, -0.2) is 64.3 Å². The molecule has 3 fully saturated rings. The largest absolute Gasteiger partial charge is 0.354 e. The molecule has 2 saturated heterocycles. The molecule has 3 heterocycles. The first-order chi connectivity index (χ1) is 17.2. The van der Waals surface area contributed by atoms with Gasteiger partial charge in [-0.25, -0.2) is 9.97 Å². The number of piperidine rings is 1. The number of anilines is 1. The fraction of sp³-hybridized carbons (Fsp3) is 0.538. The normalized spacial score (nSPS) is 23.6. The standard InChI is InChI=1S/C26H30Cl3N5O2/c1-26(6-7-26)24(36)33-8-4-16(5-9-33)23(35)34-14-18(11-30-25-31-12-19(27)13-32-25)20(15-34)17-2-3-21(28)22(29)10-17/h2-3,10,12-13,16,18,20H,4-9,11,14-15H2,1H3,(H,30,31,32). The number of carbonyl (C=O) groups excluding carboxylic acids is 2. The predicted octanol–water partition coefficient (Wildman–Crippen LogP) is 5.13. The number of hydrogen-bond donors (Lipinski definition) is 1. The molecule has 2 aliphatic heterocycles. The lowest BCUT2D eigenvalue weighted by Crippen LogP contribution is -2.45. The zero-order valence-electron chi connectivity index (χ0n) is 20.2. The van der Waals surface area contributed by atoms with Crippen molar-refractivity contribution in [2.45, 2.75) is 38.5 Å². The van der Waals surface area contributed by atoms with Gasteiger partial charge in [0, 0.05) is 55.9 Å². The molecule has 2 unspecified atom stereocenters. The molecule has 2 atom stereocenters. The summed E-state index contributed by atoms with van der Waals surface area (Å²) in [7, 11) is 0. The van der Waals surface area contributed by atoms with E-state index in [0.717, 1.165) is 31.2 Å². The molecule has 1 aromatic heterocycles. The maximum atomic E-state index is 13.6. The Morgan fingerprint density at radius 3 is 2.36 bits per heavy atom. The van der Waals surface area contributed by atoms with Crippen LogP contribution < -0.4 is 5.32 Å². The lowest BCUT2D eigenvalue weighted by molar-refractivity contribution is -0.142. The first-order valence-corrected chi connectivity index (χ1v) is 13.6. The Kier molecular flexibility index (Phi) is 7.34. The van der Waals surface area contributed by atoms with Crippen molar-refractivity contribution in [3.8, 4) is 0 Å². The summed E-state index contributed by atoms with van der Waals surface area (Å²) in [6, 6.07) is 5.70. The third-order valence-electron chi connectivity index (χ3n) is 7.91. The van der Waals surface area contributed by atoms with Crippen molar-refractivity contribution in [3.05, 3.63) is 51.2 Å². The minimum atomic E-state index is -0.160. The van der Waals surface area contributed by atoms with Crippen molar-refractivity contribution < 1.29 is 9.59 Å². The monoisotopic (exact) mass is 549 g/mol. The average Bonchev–Trinajstić information content (AvgIpc) is 3.50. The van der Waals surface area contributed by atoms with Crippen LogP contribution >= 0.6 is 34.8 Å². The van der Waals surface area contributed by atoms with E-state index in [1.165, 1.54) is 0 Å². The first kappa shape index (κ1) is 25.6. The molecule has 10 heteroatoms. The Morgan fingerprint density at radius 2 is 1.72 bits per heavy atom. The summed E-state index contributed by atoms with van der Waals surface area (Å²) in [5, 5.41) is 4.79. The lowest BCUT2D eigenvalue weighted by Gasteiger charge is -2.34. The molecule has 5 rings (SSSR count). The zero-order valence-corrected chi connectivity index (χ0v) is 22.5. The summed E-state index contributed by atoms with van der Waals surface area (Å²) >= 11 is 18.4. The summed E-state index contributed by atoms with van der Waals surface area (Å²) in [5.41, 5.74) is 0.897. The van der Waals surface area contributed by atoms with Gasteiger partial charge in [0.1, 0.15) is 0 Å². The van der Waals surface area contributed by atoms with E-state index >= 15 is 0 Å². The predicted molar refractivity (Wildman–Crippen MR) is 141 cm³/mol. The smallest absolute Gasteiger partial charge is 0.228 e. The van der Waals surface area contributed by atoms with Gasteiger partial charge < -0.3 is 15.1 Å². The van der Waals surface area contributed by atoms with Crippen LogP contribution in [-0.2, 0) is 9.59 Å². The number of likely N-dealkylation sites (tertiary alicyclic amines) is 2. The highest BCUT2D eigenvalue weighted by molar-refractivity contribution is 6.42. The number of rotatable bonds is 6. The van der Waals surface area contributed by atoms with Crippen LogP contribution in [0.3, 0.4) is 0 Å². The number of amides is 2. The van der Waals surface area contributed by atoms with Gasteiger partial charge in [0.25, 0.3) is 0 Å². The van der Waals surface area contributed by atoms with Gasteiger partial charge in [-0.05, 0) is 43.4 Å². The molecule has 2 amide bonds. The highest BCUT2D eigenvalue weighted by Gasteiger charge is 2.48. The van der Waals surface area contributed by atoms with E-state index in [2.05, 4.69) is 15.3 Å². The maximum Gasteiger partial charge on any atom is 0.228 e. The molecule has 1 aromatic carbocycles. The molecule has 1 aliphatic carbocycles. The van der Waals surface area contributed by atoms with Crippen molar-refractivity contribution in [3.63, 3.8) is 0 Å². The summed E-state index contributed by atoms with van der Waals surface area (Å²) in [4.78, 5) is 38.7. The van der Waals surface area contributed by atoms with Crippen LogP contribution in [0.2, 0.25) is 15.1 Å². The van der Waals surface area contributed by atoms with Crippen molar-refractivity contribution in [2.24, 2.45) is 17.3 Å². The van der Waals surface area contributed by atoms with Crippen molar-refractivity contribution >= 4 is 52.6 Å². The number of nitrogens with zero attached hydrogens (tertiary/aromatic N) is 4. The van der Waals surface area contributed by atoms with Crippen molar-refractivity contribution in [2.75, 3.05) is 38.0 Å². The molecule has 2 aromatic rings. The first-order valence-electron chi connectivity index (χ1n) is 12.5. The molecule has 0 radical (unpaired) electrons. The van der Waals surface area contributed by atoms with E-state index in [1.54, 1.807) is 12.4 Å². The van der Waals surface area contributed by atoms with Crippen LogP contribution in [0, 0.1) is 17.3 Å². The van der Waals surface area contributed by atoms with Gasteiger partial charge in [-0.2, -0.15) is 0 Å². The van der Waals surface area contributed by atoms with Gasteiger partial charge in [0.05, 0.1) is 27.5 Å². The third kappa shape index (κ3) is 5.43. The van der Waals surface area contributed by atoms with Gasteiger partial charge >= 0.3 is 0 Å². The second-order valence-electron chi connectivity index (χ2n) is 10.5. The SMILES string of the molecule is CC1(C(=O)N2CCC(C(=O)N3CC(CNc4ncc(Cl)cn4)C(c4ccc(Cl)c(Cl)c4)C3)CC2)CC1. The Labute approximate surface area is 226 Å². The number of carbonyl (C=O) groups is 2. The number of benzene rings is 1. The number of aromatic nitrogens is 2. The van der Waals surface area contributed by atoms with E-state index in [-0.39, 0.29) is 35.0 Å². The molecule has 3 aliphatic rings. The van der Waals surface area contributed by atoms with Crippen LogP contribution in [0.4, 0.5) is 5.95 Å². The minimum Gasteiger partial charge on any atom is -0.354 e. The molecule has 36 heavy (non-hydrogen) atoms. The third-order valence-corrected chi connectivity index (χ3v) is 8.85. The Balaban J connectivity index is 1.26. The average molecular weight is 551 g/mol. The van der Waals surface area contributed by atoms with E-state index in [0.29, 0.717) is 53.7 Å². The quantitative estimate of drug-likeness (QED) is 0.539. The van der Waals surface area contributed by atoms with E-state index < -0.39 is 0 Å². The molecule has 0 spiro atoms. The van der Waals surface area contributed by atoms with E-state index in [1.807, 2.05) is 34.9 Å². The molecule has 192 valence electrons. The molecule has 1 saturated carbocycles. The van der Waals surface area contributed by atoms with Gasteiger partial charge in [-0.3, -0.25) is 9.59 Å². The summed E-state index contributed by atoms with van der Waals surface area (Å²) in [6.07, 6.45) is 6.50. The Morgan fingerprint density at radius 1 is 1.03 bits per heavy atom. The van der Waals surface area contributed by atoms with Crippen LogP contribution in [0.25, 0.3) is 0 Å². The lowest BCUT2D eigenvalue weighted by atomic mass is 9.89. The van der Waals surface area contributed by atoms with Gasteiger partial charge in [-0.1, -0.05) is 47.8 Å². The van der Waals surface area contributed by atoms with Gasteiger partial charge in [0.2, 0.25) is 17.8 Å². The zero-order chi connectivity index (χ0) is 25.4. The summed E-state index contributed by atoms with van der Waals surface area (Å²) < 4.78 is 0. The highest BCUT2D eigenvalue weighted by Crippen LogP contribution is 2.47. The van der Waals surface area contributed by atoms with E-state index in [4.69, 9.17) is 34.8 Å². The Bertz CT molecular complexity index is 1130. The molecule has 7 nitrogen and oxygen atoms in total. The van der Waals surface area contributed by atoms with Crippen LogP contribution in [0.5, 0.6) is 0 Å². The topological polar surface area (TPSA) is 78.4 Å². The number of halogens is 3. The molecule has 0 bridgehead atoms. The summed E-state index contributed by atoms with van der Waals surface area (Å²) in [6.45, 7) is 5.20. The molecular weight excluding hydrogens is 521 g/mol. The van der Waals surface area contributed by atoms with E-state index in [9.17, 15) is 9.59 Å². The number of hydrogen-bond acceptors (Lipinski definition) is 5. The molecule has 1 N–H and O–H groups in total. The summed E-state index contributed by atoms with van der Waals surface area (Å²) in [5.74, 6) is 1.11. The van der Waals surface area contributed by atoms with Crippen molar-refractivity contribution in [1.82, 2.24) is 19.8 Å². The fourth-order valence-electron chi connectivity index (χ4n) is 5.38. The number of nitrogens with one attached hydrogen (secondary N) is 1. The van der Waals surface area contributed by atoms with Crippen LogP contribution in [0.1, 0.15) is 44.1 Å². The van der Waals surface area contributed by atoms with Gasteiger partial charge in [-0.15, -0.1) is 0 Å². The second kappa shape index (κ2) is 10.3. The maximum absolute atomic E-state index is 13.6. The second-order valence-corrected chi connectivity index (χ2v) is 11.8. The van der Waals surface area contributed by atoms with Crippen molar-refractivity contribution in [1.29, 1.82) is 0 Å².